The number of carbonyl (C=O) groups excluding carboxylic acids is 2. The first-order chi connectivity index (χ1) is 18.0. The molecule has 4 heterocycles. The summed E-state index contributed by atoms with van der Waals surface area (Å²) >= 11 is 1.40. The van der Waals surface area contributed by atoms with Crippen molar-refractivity contribution >= 4 is 46.3 Å². The molecule has 2 amide bonds. The van der Waals surface area contributed by atoms with Crippen LogP contribution in [0.3, 0.4) is 0 Å². The van der Waals surface area contributed by atoms with E-state index in [0.717, 1.165) is 17.7 Å². The van der Waals surface area contributed by atoms with E-state index in [1.54, 1.807) is 58.4 Å². The molecule has 2 N–H and O–H groups in total. The molecule has 0 aromatic carbocycles. The standard InChI is InChI=1S/C25H28N8O4S/c1-14-12-26-23(38-14)32-10-6-7-17(22(32)35)29-18-11-19(31(5)24(36)37-25(2,3)4)33-20(30-18)16(13-27-33)21(34)28-15-8-9-15/h6-7,10-13,15H,8-9H2,1-5H3,(H,28,34)(H,29,30). The van der Waals surface area contributed by atoms with E-state index in [-0.39, 0.29) is 40.2 Å². The second-order valence-corrected chi connectivity index (χ2v) is 11.3. The molecule has 0 atom stereocenters. The molecule has 1 fully saturated rings. The first-order valence-electron chi connectivity index (χ1n) is 12.1. The van der Waals surface area contributed by atoms with Crippen LogP contribution in [0.4, 0.5) is 22.1 Å². The highest BCUT2D eigenvalue weighted by molar-refractivity contribution is 7.14. The van der Waals surface area contributed by atoms with Gasteiger partial charge in [-0.25, -0.2) is 14.8 Å². The maximum atomic E-state index is 13.3. The molecule has 1 saturated carbocycles. The Morgan fingerprint density at radius 3 is 2.66 bits per heavy atom. The lowest BCUT2D eigenvalue weighted by molar-refractivity contribution is 0.0587. The Bertz CT molecular complexity index is 1590. The minimum atomic E-state index is -0.721. The number of carbonyl (C=O) groups is 2. The number of rotatable bonds is 6. The summed E-state index contributed by atoms with van der Waals surface area (Å²) in [4.78, 5) is 50.2. The first-order valence-corrected chi connectivity index (χ1v) is 12.9. The van der Waals surface area contributed by atoms with Gasteiger partial charge in [-0.1, -0.05) is 0 Å². The van der Waals surface area contributed by atoms with Crippen molar-refractivity contribution in [3.8, 4) is 5.13 Å². The van der Waals surface area contributed by atoms with Crippen molar-refractivity contribution in [2.75, 3.05) is 17.3 Å². The molecule has 12 nitrogen and oxygen atoms in total. The second-order valence-electron chi connectivity index (χ2n) is 10.1. The monoisotopic (exact) mass is 536 g/mol. The average Bonchev–Trinajstić information content (AvgIpc) is 3.38. The molecule has 38 heavy (non-hydrogen) atoms. The van der Waals surface area contributed by atoms with Crippen molar-refractivity contribution in [3.63, 3.8) is 0 Å². The van der Waals surface area contributed by atoms with Crippen LogP contribution in [0, 0.1) is 6.92 Å². The summed E-state index contributed by atoms with van der Waals surface area (Å²) in [6, 6.07) is 5.05. The molecular weight excluding hydrogens is 508 g/mol. The largest absolute Gasteiger partial charge is 0.443 e. The molecule has 0 bridgehead atoms. The van der Waals surface area contributed by atoms with Gasteiger partial charge in [0.15, 0.2) is 10.8 Å². The number of nitrogens with one attached hydrogen (secondary N) is 2. The van der Waals surface area contributed by atoms with Crippen molar-refractivity contribution in [2.24, 2.45) is 0 Å². The quantitative estimate of drug-likeness (QED) is 0.381. The Balaban J connectivity index is 1.57. The summed E-state index contributed by atoms with van der Waals surface area (Å²) < 4.78 is 8.37. The third kappa shape index (κ3) is 5.23. The van der Waals surface area contributed by atoms with E-state index in [1.807, 2.05) is 6.92 Å². The molecule has 0 radical (unpaired) electrons. The number of hydrogen-bond acceptors (Lipinski definition) is 9. The van der Waals surface area contributed by atoms with Crippen LogP contribution < -0.4 is 21.1 Å². The highest BCUT2D eigenvalue weighted by atomic mass is 32.1. The second kappa shape index (κ2) is 9.56. The number of ether oxygens (including phenoxy) is 1. The zero-order valence-electron chi connectivity index (χ0n) is 21.7. The van der Waals surface area contributed by atoms with Crippen LogP contribution in [-0.4, -0.2) is 54.8 Å². The third-order valence-electron chi connectivity index (χ3n) is 5.65. The lowest BCUT2D eigenvalue weighted by Crippen LogP contribution is -2.35. The lowest BCUT2D eigenvalue weighted by atomic mass is 10.2. The van der Waals surface area contributed by atoms with Crippen molar-refractivity contribution in [1.82, 2.24) is 29.5 Å². The molecule has 13 heteroatoms. The predicted molar refractivity (Wildman–Crippen MR) is 144 cm³/mol. The number of aryl methyl sites for hydroxylation is 1. The normalized spacial score (nSPS) is 13.4. The van der Waals surface area contributed by atoms with Crippen LogP contribution in [0.15, 0.2) is 41.6 Å². The Labute approximate surface area is 222 Å². The van der Waals surface area contributed by atoms with Crippen molar-refractivity contribution in [1.29, 1.82) is 0 Å². The van der Waals surface area contributed by atoms with Gasteiger partial charge in [-0.05, 0) is 52.7 Å². The SMILES string of the molecule is Cc1cnc(-n2cccc(Nc3cc(N(C)C(=O)OC(C)(C)C)n4ncc(C(=O)NC5CC5)c4n3)c2=O)s1. The molecule has 0 aliphatic heterocycles. The van der Waals surface area contributed by atoms with Gasteiger partial charge in [-0.3, -0.25) is 19.1 Å². The summed E-state index contributed by atoms with van der Waals surface area (Å²) in [5.74, 6) is 0.234. The molecule has 0 unspecified atom stereocenters. The number of hydrogen-bond donors (Lipinski definition) is 2. The maximum absolute atomic E-state index is 13.3. The molecule has 0 saturated heterocycles. The van der Waals surface area contributed by atoms with Crippen LogP contribution in [0.1, 0.15) is 48.8 Å². The molecule has 198 valence electrons. The molecule has 1 aliphatic carbocycles. The molecular formula is C25H28N8O4S. The minimum Gasteiger partial charge on any atom is -0.443 e. The van der Waals surface area contributed by atoms with Crippen molar-refractivity contribution in [2.45, 2.75) is 52.2 Å². The number of nitrogens with zero attached hydrogens (tertiary/aromatic N) is 6. The van der Waals surface area contributed by atoms with E-state index in [9.17, 15) is 14.4 Å². The van der Waals surface area contributed by atoms with Crippen LogP contribution in [0.2, 0.25) is 0 Å². The number of thiazole rings is 1. The van der Waals surface area contributed by atoms with Crippen LogP contribution in [-0.2, 0) is 4.74 Å². The third-order valence-corrected chi connectivity index (χ3v) is 6.56. The summed E-state index contributed by atoms with van der Waals surface area (Å²) in [5.41, 5.74) is -0.327. The number of fused-ring (bicyclic) bond motifs is 1. The number of anilines is 3. The van der Waals surface area contributed by atoms with Gasteiger partial charge >= 0.3 is 6.09 Å². The predicted octanol–water partition coefficient (Wildman–Crippen LogP) is 3.65. The fourth-order valence-electron chi connectivity index (χ4n) is 3.66. The molecule has 5 rings (SSSR count). The molecule has 4 aromatic heterocycles. The fourth-order valence-corrected chi connectivity index (χ4v) is 4.40. The van der Waals surface area contributed by atoms with E-state index in [1.165, 1.54) is 31.5 Å². The molecule has 0 spiro atoms. The summed E-state index contributed by atoms with van der Waals surface area (Å²) in [6.07, 6.45) is 6.00. The highest BCUT2D eigenvalue weighted by Gasteiger charge is 2.28. The minimum absolute atomic E-state index is 0.139. The highest BCUT2D eigenvalue weighted by Crippen LogP contribution is 2.26. The van der Waals surface area contributed by atoms with Crippen molar-refractivity contribution < 1.29 is 14.3 Å². The van der Waals surface area contributed by atoms with E-state index in [0.29, 0.717) is 10.9 Å². The summed E-state index contributed by atoms with van der Waals surface area (Å²) in [5, 5.41) is 10.9. The Morgan fingerprint density at radius 1 is 1.24 bits per heavy atom. The van der Waals surface area contributed by atoms with E-state index in [4.69, 9.17) is 4.74 Å². The van der Waals surface area contributed by atoms with Gasteiger partial charge in [0.2, 0.25) is 0 Å². The number of aromatic nitrogens is 5. The topological polar surface area (TPSA) is 136 Å². The van der Waals surface area contributed by atoms with Gasteiger partial charge < -0.3 is 15.4 Å². The van der Waals surface area contributed by atoms with Crippen molar-refractivity contribution in [3.05, 3.63) is 57.6 Å². The number of pyridine rings is 1. The Hall–Kier alpha value is -4.26. The van der Waals surface area contributed by atoms with Gasteiger partial charge in [0, 0.05) is 36.4 Å². The van der Waals surface area contributed by atoms with Gasteiger partial charge in [-0.15, -0.1) is 11.3 Å². The summed E-state index contributed by atoms with van der Waals surface area (Å²) in [7, 11) is 1.54. The zero-order chi connectivity index (χ0) is 27.2. The zero-order valence-corrected chi connectivity index (χ0v) is 22.5. The van der Waals surface area contributed by atoms with Gasteiger partial charge in [0.25, 0.3) is 11.5 Å². The van der Waals surface area contributed by atoms with E-state index >= 15 is 0 Å². The molecule has 1 aliphatic rings. The maximum Gasteiger partial charge on any atom is 0.415 e. The smallest absolute Gasteiger partial charge is 0.415 e. The summed E-state index contributed by atoms with van der Waals surface area (Å²) in [6.45, 7) is 7.23. The first kappa shape index (κ1) is 25.4. The van der Waals surface area contributed by atoms with Crippen LogP contribution >= 0.6 is 11.3 Å². The van der Waals surface area contributed by atoms with Gasteiger partial charge in [-0.2, -0.15) is 9.61 Å². The molecule has 4 aromatic rings. The van der Waals surface area contributed by atoms with Gasteiger partial charge in [0.1, 0.15) is 28.5 Å². The average molecular weight is 537 g/mol. The Kier molecular flexibility index (Phi) is 6.39. The van der Waals surface area contributed by atoms with E-state index < -0.39 is 11.7 Å². The van der Waals surface area contributed by atoms with Crippen LogP contribution in [0.5, 0.6) is 0 Å². The Morgan fingerprint density at radius 2 is 2.00 bits per heavy atom. The fraction of sp³-hybridized carbons (Fsp3) is 0.360. The number of amides is 2. The van der Waals surface area contributed by atoms with E-state index in [2.05, 4.69) is 25.7 Å². The van der Waals surface area contributed by atoms with Gasteiger partial charge in [0.05, 0.1) is 6.20 Å². The lowest BCUT2D eigenvalue weighted by Gasteiger charge is -2.25. The van der Waals surface area contributed by atoms with Crippen LogP contribution in [0.25, 0.3) is 10.8 Å².